The smallest absolute Gasteiger partial charge is 0.228 e. The molecule has 0 aromatic heterocycles. The number of hydrogen-bond donors (Lipinski definition) is 1. The fourth-order valence-electron chi connectivity index (χ4n) is 2.49. The van der Waals surface area contributed by atoms with Crippen LogP contribution in [0, 0.1) is 6.92 Å². The van der Waals surface area contributed by atoms with Crippen LogP contribution in [-0.2, 0) is 11.2 Å². The van der Waals surface area contributed by atoms with Gasteiger partial charge in [0.25, 0.3) is 0 Å². The molecule has 0 fully saturated rings. The van der Waals surface area contributed by atoms with E-state index < -0.39 is 0 Å². The van der Waals surface area contributed by atoms with Crippen LogP contribution in [0.2, 0.25) is 5.02 Å². The summed E-state index contributed by atoms with van der Waals surface area (Å²) in [5, 5.41) is 2.98. The minimum atomic E-state index is -0.368. The predicted octanol–water partition coefficient (Wildman–Crippen LogP) is 5.23. The highest BCUT2D eigenvalue weighted by atomic mass is 79.9. The molecule has 1 heterocycles. The van der Waals surface area contributed by atoms with Gasteiger partial charge in [0.2, 0.25) is 5.91 Å². The molecular weight excluding hydrogens is 373 g/mol. The van der Waals surface area contributed by atoms with Gasteiger partial charge in [0.15, 0.2) is 0 Å². The summed E-state index contributed by atoms with van der Waals surface area (Å²) in [5.74, 6) is -0.0129. The van der Waals surface area contributed by atoms with Gasteiger partial charge in [-0.2, -0.15) is 0 Å². The highest BCUT2D eigenvalue weighted by Gasteiger charge is 2.23. The number of nitrogens with one attached hydrogen (secondary N) is 1. The van der Waals surface area contributed by atoms with Crippen LogP contribution < -0.4 is 5.32 Å². The zero-order valence-corrected chi connectivity index (χ0v) is 14.3. The third kappa shape index (κ3) is 2.83. The van der Waals surface area contributed by atoms with Crippen molar-refractivity contribution < 1.29 is 4.79 Å². The molecule has 0 saturated heterocycles. The predicted molar refractivity (Wildman–Crippen MR) is 90.4 cm³/mol. The van der Waals surface area contributed by atoms with Crippen LogP contribution in [0.25, 0.3) is 0 Å². The van der Waals surface area contributed by atoms with Gasteiger partial charge in [-0.05, 0) is 41.8 Å². The van der Waals surface area contributed by atoms with Crippen molar-refractivity contribution in [3.8, 4) is 0 Å². The second kappa shape index (κ2) is 5.64. The monoisotopic (exact) mass is 383 g/mol. The number of amides is 1. The Labute approximate surface area is 141 Å². The first kappa shape index (κ1) is 14.9. The number of aryl methyl sites for hydroxylation is 1. The maximum absolute atomic E-state index is 11.5. The lowest BCUT2D eigenvalue weighted by molar-refractivity contribution is -0.115. The lowest BCUT2D eigenvalue weighted by atomic mass is 9.99. The van der Waals surface area contributed by atoms with E-state index in [2.05, 4.69) is 21.2 Å². The number of anilines is 1. The number of alkyl halides is 1. The molecule has 0 aliphatic carbocycles. The summed E-state index contributed by atoms with van der Waals surface area (Å²) in [5.41, 5.74) is 4.64. The second-order valence-corrected chi connectivity index (χ2v) is 6.84. The molecule has 1 N–H and O–H groups in total. The van der Waals surface area contributed by atoms with Crippen LogP contribution in [-0.4, -0.2) is 5.91 Å². The first-order chi connectivity index (χ1) is 9.95. The number of rotatable bonds is 2. The van der Waals surface area contributed by atoms with E-state index in [1.807, 2.05) is 31.2 Å². The Morgan fingerprint density at radius 2 is 2.00 bits per heavy atom. The van der Waals surface area contributed by atoms with Crippen LogP contribution >= 0.6 is 39.1 Å². The number of carbonyl (C=O) groups is 1. The molecule has 5 heteroatoms. The number of benzene rings is 2. The number of hydrogen-bond acceptors (Lipinski definition) is 1. The lowest BCUT2D eigenvalue weighted by Gasteiger charge is -2.16. The SMILES string of the molecule is Cc1ccc(Br)c(C(Cl)c2cc3c(cc2Cl)NC(=O)C3)c1. The van der Waals surface area contributed by atoms with Crippen LogP contribution in [0.3, 0.4) is 0 Å². The van der Waals surface area contributed by atoms with Gasteiger partial charge in [0.1, 0.15) is 0 Å². The minimum Gasteiger partial charge on any atom is -0.325 e. The maximum atomic E-state index is 11.5. The first-order valence-electron chi connectivity index (χ1n) is 6.48. The van der Waals surface area contributed by atoms with Gasteiger partial charge in [-0.25, -0.2) is 0 Å². The zero-order valence-electron chi connectivity index (χ0n) is 11.2. The zero-order chi connectivity index (χ0) is 15.1. The molecule has 2 aromatic carbocycles. The van der Waals surface area contributed by atoms with Gasteiger partial charge in [0.05, 0.1) is 11.8 Å². The molecule has 0 spiro atoms. The highest BCUT2D eigenvalue weighted by Crippen LogP contribution is 2.40. The summed E-state index contributed by atoms with van der Waals surface area (Å²) in [4.78, 5) is 11.5. The van der Waals surface area contributed by atoms with Crippen molar-refractivity contribution in [2.75, 3.05) is 5.32 Å². The molecule has 0 radical (unpaired) electrons. The van der Waals surface area contributed by atoms with Gasteiger partial charge in [0, 0.05) is 15.2 Å². The number of carbonyl (C=O) groups excluding carboxylic acids is 1. The lowest BCUT2D eigenvalue weighted by Crippen LogP contribution is -2.03. The number of halogens is 3. The molecule has 0 bridgehead atoms. The van der Waals surface area contributed by atoms with E-state index in [0.29, 0.717) is 11.4 Å². The van der Waals surface area contributed by atoms with Crippen LogP contribution in [0.1, 0.15) is 27.6 Å². The van der Waals surface area contributed by atoms with Gasteiger partial charge in [-0.3, -0.25) is 4.79 Å². The normalized spacial score (nSPS) is 14.8. The molecule has 1 amide bonds. The highest BCUT2D eigenvalue weighted by molar-refractivity contribution is 9.10. The van der Waals surface area contributed by atoms with Crippen molar-refractivity contribution >= 4 is 50.7 Å². The summed E-state index contributed by atoms with van der Waals surface area (Å²) in [6.07, 6.45) is 0.373. The Hall–Kier alpha value is -1.03. The van der Waals surface area contributed by atoms with E-state index in [0.717, 1.165) is 32.4 Å². The van der Waals surface area contributed by atoms with Gasteiger partial charge < -0.3 is 5.32 Å². The third-order valence-electron chi connectivity index (χ3n) is 3.55. The number of fused-ring (bicyclic) bond motifs is 1. The Kier molecular flexibility index (Phi) is 4.00. The molecule has 0 saturated carbocycles. The third-order valence-corrected chi connectivity index (χ3v) is 5.06. The summed E-state index contributed by atoms with van der Waals surface area (Å²) < 4.78 is 0.943. The average Bonchev–Trinajstić information content (AvgIpc) is 2.79. The van der Waals surface area contributed by atoms with Crippen molar-refractivity contribution in [1.82, 2.24) is 0 Å². The maximum Gasteiger partial charge on any atom is 0.228 e. The van der Waals surface area contributed by atoms with Crippen LogP contribution in [0.15, 0.2) is 34.8 Å². The summed E-state index contributed by atoms with van der Waals surface area (Å²) in [6, 6.07) is 9.73. The van der Waals surface area contributed by atoms with Crippen molar-refractivity contribution in [2.24, 2.45) is 0 Å². The van der Waals surface area contributed by atoms with Crippen molar-refractivity contribution in [3.05, 3.63) is 62.1 Å². The average molecular weight is 385 g/mol. The fraction of sp³-hybridized carbons (Fsp3) is 0.188. The fourth-order valence-corrected chi connectivity index (χ4v) is 3.78. The largest absolute Gasteiger partial charge is 0.325 e. The van der Waals surface area contributed by atoms with Gasteiger partial charge in [-0.15, -0.1) is 11.6 Å². The van der Waals surface area contributed by atoms with E-state index in [9.17, 15) is 4.79 Å². The van der Waals surface area contributed by atoms with E-state index in [-0.39, 0.29) is 11.3 Å². The van der Waals surface area contributed by atoms with Gasteiger partial charge >= 0.3 is 0 Å². The van der Waals surface area contributed by atoms with Crippen LogP contribution in [0.5, 0.6) is 0 Å². The van der Waals surface area contributed by atoms with E-state index in [4.69, 9.17) is 23.2 Å². The topological polar surface area (TPSA) is 29.1 Å². The van der Waals surface area contributed by atoms with Crippen molar-refractivity contribution in [2.45, 2.75) is 18.7 Å². The molecule has 21 heavy (non-hydrogen) atoms. The van der Waals surface area contributed by atoms with Crippen molar-refractivity contribution in [1.29, 1.82) is 0 Å². The Balaban J connectivity index is 2.06. The van der Waals surface area contributed by atoms with Gasteiger partial charge in [-0.1, -0.05) is 45.2 Å². The molecular formula is C16H12BrCl2NO. The summed E-state index contributed by atoms with van der Waals surface area (Å²) >= 11 is 16.5. The van der Waals surface area contributed by atoms with E-state index in [1.54, 1.807) is 6.07 Å². The molecule has 2 aromatic rings. The molecule has 1 aliphatic rings. The Morgan fingerprint density at radius 3 is 2.76 bits per heavy atom. The van der Waals surface area contributed by atoms with Crippen LogP contribution in [0.4, 0.5) is 5.69 Å². The first-order valence-corrected chi connectivity index (χ1v) is 8.08. The van der Waals surface area contributed by atoms with E-state index in [1.165, 1.54) is 0 Å². The minimum absolute atomic E-state index is 0.0129. The summed E-state index contributed by atoms with van der Waals surface area (Å²) in [7, 11) is 0. The molecule has 1 atom stereocenters. The molecule has 2 nitrogen and oxygen atoms in total. The Bertz CT molecular complexity index is 745. The van der Waals surface area contributed by atoms with E-state index >= 15 is 0 Å². The summed E-state index contributed by atoms with van der Waals surface area (Å²) in [6.45, 7) is 2.02. The standard InChI is InChI=1S/C16H12BrCl2NO/c1-8-2-3-12(17)10(4-8)16(19)11-5-9-6-15(21)20-14(9)7-13(11)18/h2-5,7,16H,6H2,1H3,(H,20,21). The molecule has 1 aliphatic heterocycles. The van der Waals surface area contributed by atoms with Crippen molar-refractivity contribution in [3.63, 3.8) is 0 Å². The molecule has 1 unspecified atom stereocenters. The Morgan fingerprint density at radius 1 is 1.24 bits per heavy atom. The quantitative estimate of drug-likeness (QED) is 0.705. The molecule has 108 valence electrons. The molecule has 3 rings (SSSR count). The second-order valence-electron chi connectivity index (χ2n) is 5.14.